The van der Waals surface area contributed by atoms with Crippen LogP contribution in [-0.4, -0.2) is 103 Å². The molecular formula is C98H94B4Cl2N6O8. The molecule has 118 heavy (non-hydrogen) atoms. The maximum absolute atomic E-state index is 6.59. The lowest BCUT2D eigenvalue weighted by Gasteiger charge is -2.32. The van der Waals surface area contributed by atoms with E-state index in [0.717, 1.165) is 110 Å². The molecule has 0 radical (unpaired) electrons. The number of rotatable bonds is 13. The third kappa shape index (κ3) is 16.4. The first-order valence-corrected chi connectivity index (χ1v) is 41.0. The summed E-state index contributed by atoms with van der Waals surface area (Å²) in [6.07, 6.45) is 0. The van der Waals surface area contributed by atoms with Gasteiger partial charge >= 0.3 is 28.3 Å². The van der Waals surface area contributed by atoms with Crippen LogP contribution in [0.2, 0.25) is 10.0 Å². The zero-order valence-corrected chi connectivity index (χ0v) is 71.1. The third-order valence-electron chi connectivity index (χ3n) is 24.4. The SMILES string of the molecule is CC1(C)OB(B2OC(C)(C)C(C)(C)O2)OC1(C)C.CC1(C)OB(c2cc(B3OC(C)(C)C(C)(C)O3)cc(-c3ccc(-c4ccc(-c5nc(-c6ccccc6)nc(-c6ccccc6)n5)cc4)c4ccccc34)c2)OC1(C)C.Clc1cc(Cl)cc(-c2ccc(-c3ccc(-c4nc(-c5ccccc5)nc(-c5ccccc5)n4)cc3)c3ccccc23)c1. The van der Waals surface area contributed by atoms with Crippen LogP contribution < -0.4 is 10.9 Å². The number of hydrogen-bond acceptors (Lipinski definition) is 14. The standard InChI is InChI=1S/C49H47B2N3O4.C37H23Cl2N3.C12H24B2O4/c1-46(2)47(3,4)56-50(55-46)37-29-36(30-38(31-37)51-57-48(5,6)49(7,8)58-51)40-28-27-39(41-21-15-16-22-42(40)41)32-23-25-35(26-24-32)45-53-43(33-17-11-9-12-18-33)52-44(54-45)34-19-13-10-14-20-34;38-29-21-28(22-30(39)23-29)32-20-19-31(33-13-7-8-14-34(32)33)24-15-17-27(18-16-24)37-41-35(25-9-3-1-4-10-25)40-36(42-37)26-11-5-2-6-12-26;1-9(2)10(3,4)16-13(15-9)14-17-11(5,6)12(7,8)18-14/h9-31H,1-8H3;1-23H;1-8H3. The second-order valence-electron chi connectivity index (χ2n) is 34.6. The number of halogens is 2. The summed E-state index contributed by atoms with van der Waals surface area (Å²) >= 11 is 12.7. The minimum atomic E-state index is -0.549. The summed E-state index contributed by atoms with van der Waals surface area (Å²) in [6, 6.07) is 94.9. The van der Waals surface area contributed by atoms with Gasteiger partial charge in [0.25, 0.3) is 0 Å². The summed E-state index contributed by atoms with van der Waals surface area (Å²) in [4.78, 5) is 29.3. The molecule has 0 bridgehead atoms. The molecule has 0 saturated carbocycles. The summed E-state index contributed by atoms with van der Waals surface area (Å²) in [6.45, 7) is 32.9. The summed E-state index contributed by atoms with van der Waals surface area (Å²) in [5.74, 6) is 3.82. The van der Waals surface area contributed by atoms with Crippen molar-refractivity contribution >= 4 is 83.9 Å². The van der Waals surface area contributed by atoms with Gasteiger partial charge in [-0.1, -0.05) is 284 Å². The Morgan fingerprint density at radius 2 is 0.407 bits per heavy atom. The Balaban J connectivity index is 0.000000150. The minimum Gasteiger partial charge on any atom is -0.405 e. The van der Waals surface area contributed by atoms with Crippen LogP contribution in [0.25, 0.3) is 134 Å². The van der Waals surface area contributed by atoms with Crippen molar-refractivity contribution in [2.45, 2.75) is 156 Å². The first kappa shape index (κ1) is 81.4. The lowest BCUT2D eigenvalue weighted by Crippen LogP contribution is -2.41. The zero-order valence-electron chi connectivity index (χ0n) is 69.6. The maximum Gasteiger partial charge on any atom is 0.494 e. The summed E-state index contributed by atoms with van der Waals surface area (Å²) in [7, 11) is -2.05. The third-order valence-corrected chi connectivity index (χ3v) is 24.9. The van der Waals surface area contributed by atoms with Crippen LogP contribution in [0.15, 0.2) is 279 Å². The smallest absolute Gasteiger partial charge is 0.405 e. The molecule has 14 aromatic rings. The highest BCUT2D eigenvalue weighted by molar-refractivity contribution is 7.11. The Morgan fingerprint density at radius 1 is 0.203 bits per heavy atom. The number of nitrogens with zero attached hydrogens (tertiary/aromatic N) is 6. The molecule has 0 aliphatic carbocycles. The molecule has 4 aliphatic heterocycles. The number of aromatic nitrogens is 6. The van der Waals surface area contributed by atoms with Crippen LogP contribution in [0.1, 0.15) is 111 Å². The van der Waals surface area contributed by atoms with Gasteiger partial charge in [0, 0.05) is 43.4 Å². The Bertz CT molecular complexity index is 5760. The fourth-order valence-electron chi connectivity index (χ4n) is 14.8. The Labute approximate surface area is 704 Å². The van der Waals surface area contributed by atoms with Gasteiger partial charge in [0.1, 0.15) is 0 Å². The molecule has 6 heterocycles. The van der Waals surface area contributed by atoms with E-state index in [2.05, 4.69) is 195 Å². The fraction of sp³-hybridized carbons (Fsp3) is 0.245. The molecule has 18 rings (SSSR count). The van der Waals surface area contributed by atoms with Crippen molar-refractivity contribution in [3.63, 3.8) is 0 Å². The normalized spacial score (nSPS) is 17.6. The van der Waals surface area contributed by atoms with Crippen molar-refractivity contribution in [2.75, 3.05) is 0 Å². The van der Waals surface area contributed by atoms with Crippen molar-refractivity contribution in [3.05, 3.63) is 289 Å². The molecule has 0 amide bonds. The zero-order chi connectivity index (χ0) is 82.9. The van der Waals surface area contributed by atoms with Crippen molar-refractivity contribution in [3.8, 4) is 113 Å². The average molecular weight is 1600 g/mol. The summed E-state index contributed by atoms with van der Waals surface area (Å²) in [5.41, 5.74) is 12.7. The van der Waals surface area contributed by atoms with Crippen LogP contribution in [0.4, 0.5) is 0 Å². The Morgan fingerprint density at radius 3 is 0.661 bits per heavy atom. The molecule has 4 saturated heterocycles. The van der Waals surface area contributed by atoms with Gasteiger partial charge < -0.3 is 37.2 Å². The van der Waals surface area contributed by atoms with E-state index in [1.165, 1.54) is 0 Å². The fourth-order valence-corrected chi connectivity index (χ4v) is 15.4. The van der Waals surface area contributed by atoms with Crippen LogP contribution in [-0.2, 0) is 37.2 Å². The van der Waals surface area contributed by atoms with E-state index in [1.54, 1.807) is 6.07 Å². The van der Waals surface area contributed by atoms with Crippen molar-refractivity contribution in [1.82, 2.24) is 29.9 Å². The minimum absolute atomic E-state index is 0.360. The highest BCUT2D eigenvalue weighted by Gasteiger charge is 2.64. The lowest BCUT2D eigenvalue weighted by atomic mass is 9.49. The van der Waals surface area contributed by atoms with Crippen molar-refractivity contribution in [1.29, 1.82) is 0 Å². The van der Waals surface area contributed by atoms with Crippen LogP contribution in [0.3, 0.4) is 0 Å². The van der Waals surface area contributed by atoms with Gasteiger partial charge in [-0.05, 0) is 206 Å². The molecule has 0 N–H and O–H groups in total. The van der Waals surface area contributed by atoms with E-state index in [9.17, 15) is 0 Å². The van der Waals surface area contributed by atoms with E-state index < -0.39 is 50.7 Å². The van der Waals surface area contributed by atoms with E-state index in [1.807, 2.05) is 189 Å². The first-order chi connectivity index (χ1) is 56.2. The molecule has 0 unspecified atom stereocenters. The van der Waals surface area contributed by atoms with Gasteiger partial charge in [-0.15, -0.1) is 0 Å². The first-order valence-electron chi connectivity index (χ1n) is 40.2. The van der Waals surface area contributed by atoms with Gasteiger partial charge in [-0.3, -0.25) is 0 Å². The molecule has 20 heteroatoms. The highest BCUT2D eigenvalue weighted by atomic mass is 35.5. The van der Waals surface area contributed by atoms with E-state index >= 15 is 0 Å². The lowest BCUT2D eigenvalue weighted by molar-refractivity contribution is 0.00578. The largest absolute Gasteiger partial charge is 0.494 e. The number of hydrogen-bond donors (Lipinski definition) is 0. The average Bonchev–Trinajstić information content (AvgIpc) is 1.55. The van der Waals surface area contributed by atoms with Crippen LogP contribution in [0, 0.1) is 0 Å². The van der Waals surface area contributed by atoms with Gasteiger partial charge in [0.15, 0.2) is 34.9 Å². The summed E-state index contributed by atoms with van der Waals surface area (Å²) in [5, 5.41) is 5.79. The van der Waals surface area contributed by atoms with Crippen LogP contribution >= 0.6 is 23.2 Å². The molecule has 2 aromatic heterocycles. The van der Waals surface area contributed by atoms with Gasteiger partial charge in [-0.2, -0.15) is 0 Å². The quantitative estimate of drug-likeness (QED) is 0.101. The molecule has 0 spiro atoms. The predicted molar refractivity (Wildman–Crippen MR) is 483 cm³/mol. The van der Waals surface area contributed by atoms with Crippen LogP contribution in [0.5, 0.6) is 0 Å². The monoisotopic (exact) mass is 1600 g/mol. The molecule has 12 aromatic carbocycles. The molecule has 4 fully saturated rings. The molecule has 4 aliphatic rings. The second-order valence-corrected chi connectivity index (χ2v) is 35.5. The van der Waals surface area contributed by atoms with Gasteiger partial charge in [-0.25, -0.2) is 29.9 Å². The maximum atomic E-state index is 6.59. The van der Waals surface area contributed by atoms with Crippen molar-refractivity contribution in [2.24, 2.45) is 0 Å². The second kappa shape index (κ2) is 31.8. The topological polar surface area (TPSA) is 151 Å². The number of benzene rings is 12. The Hall–Kier alpha value is -10.3. The summed E-state index contributed by atoms with van der Waals surface area (Å²) < 4.78 is 50.2. The molecule has 590 valence electrons. The molecular weight excluding hydrogens is 1500 g/mol. The Kier molecular flexibility index (Phi) is 21.9. The van der Waals surface area contributed by atoms with E-state index in [-0.39, 0.29) is 22.4 Å². The highest BCUT2D eigenvalue weighted by Crippen LogP contribution is 2.46. The van der Waals surface area contributed by atoms with Gasteiger partial charge in [0.2, 0.25) is 0 Å². The molecule has 14 nitrogen and oxygen atoms in total. The number of fused-ring (bicyclic) bond motifs is 2. The van der Waals surface area contributed by atoms with Gasteiger partial charge in [0.05, 0.1) is 44.8 Å². The van der Waals surface area contributed by atoms with E-state index in [0.29, 0.717) is 45.0 Å². The van der Waals surface area contributed by atoms with Crippen molar-refractivity contribution < 1.29 is 37.2 Å². The molecule has 0 atom stereocenters. The van der Waals surface area contributed by atoms with E-state index in [4.69, 9.17) is 90.3 Å². The predicted octanol–water partition coefficient (Wildman–Crippen LogP) is 22.9.